The molecule has 2 N–H and O–H groups in total. The summed E-state index contributed by atoms with van der Waals surface area (Å²) in [5, 5.41) is 0. The van der Waals surface area contributed by atoms with Gasteiger partial charge in [0, 0.05) is 5.56 Å². The number of nitrogens with zero attached hydrogens (tertiary/aromatic N) is 4. The van der Waals surface area contributed by atoms with Crippen molar-refractivity contribution in [1.29, 1.82) is 0 Å². The summed E-state index contributed by atoms with van der Waals surface area (Å²) in [6, 6.07) is 5.96. The molecular formula is C13H10FN5O. The van der Waals surface area contributed by atoms with Crippen LogP contribution in [-0.4, -0.2) is 27.0 Å². The first kappa shape index (κ1) is 12.2. The van der Waals surface area contributed by atoms with Gasteiger partial charge >= 0.3 is 0 Å². The van der Waals surface area contributed by atoms with Crippen molar-refractivity contribution in [2.75, 3.05) is 12.8 Å². The van der Waals surface area contributed by atoms with E-state index in [0.29, 0.717) is 16.9 Å². The second kappa shape index (κ2) is 4.69. The van der Waals surface area contributed by atoms with Gasteiger partial charge < -0.3 is 10.5 Å². The average molecular weight is 271 g/mol. The highest BCUT2D eigenvalue weighted by Gasteiger charge is 2.11. The minimum absolute atomic E-state index is 0.0678. The fourth-order valence-corrected chi connectivity index (χ4v) is 1.80. The fraction of sp³-hybridized carbons (Fsp3) is 0.0769. The van der Waals surface area contributed by atoms with Crippen molar-refractivity contribution >= 4 is 17.1 Å². The first-order valence-electron chi connectivity index (χ1n) is 5.77. The van der Waals surface area contributed by atoms with E-state index in [9.17, 15) is 4.39 Å². The summed E-state index contributed by atoms with van der Waals surface area (Å²) in [6.45, 7) is 0. The lowest BCUT2D eigenvalue weighted by molar-refractivity contribution is 0.402. The fourth-order valence-electron chi connectivity index (χ4n) is 1.80. The Labute approximate surface area is 113 Å². The Morgan fingerprint density at radius 2 is 1.85 bits per heavy atom. The number of fused-ring (bicyclic) bond motifs is 1. The second-order valence-corrected chi connectivity index (χ2v) is 4.03. The molecule has 0 aliphatic rings. The van der Waals surface area contributed by atoms with Crippen molar-refractivity contribution in [3.63, 3.8) is 0 Å². The number of nitrogen functional groups attached to an aromatic ring is 1. The van der Waals surface area contributed by atoms with Gasteiger partial charge in [0.25, 0.3) is 0 Å². The van der Waals surface area contributed by atoms with E-state index < -0.39 is 0 Å². The van der Waals surface area contributed by atoms with Gasteiger partial charge in [-0.05, 0) is 24.3 Å². The van der Waals surface area contributed by atoms with Gasteiger partial charge in [-0.25, -0.2) is 14.4 Å². The summed E-state index contributed by atoms with van der Waals surface area (Å²) in [4.78, 5) is 16.5. The van der Waals surface area contributed by atoms with Crippen LogP contribution in [0.3, 0.4) is 0 Å². The van der Waals surface area contributed by atoms with Crippen molar-refractivity contribution in [3.05, 3.63) is 36.3 Å². The summed E-state index contributed by atoms with van der Waals surface area (Å²) in [5.41, 5.74) is 7.62. The van der Waals surface area contributed by atoms with Gasteiger partial charge in [-0.3, -0.25) is 0 Å². The first-order chi connectivity index (χ1) is 9.67. The van der Waals surface area contributed by atoms with Crippen LogP contribution in [0.2, 0.25) is 0 Å². The minimum atomic E-state index is -0.309. The van der Waals surface area contributed by atoms with E-state index in [4.69, 9.17) is 10.5 Å². The topological polar surface area (TPSA) is 86.8 Å². The maximum absolute atomic E-state index is 12.9. The molecule has 0 bridgehead atoms. The molecule has 3 rings (SSSR count). The number of hydrogen-bond acceptors (Lipinski definition) is 6. The number of methoxy groups -OCH3 is 1. The number of benzene rings is 1. The molecule has 0 spiro atoms. The Morgan fingerprint density at radius 3 is 2.55 bits per heavy atom. The Hall–Kier alpha value is -2.83. The molecule has 6 nitrogen and oxygen atoms in total. The van der Waals surface area contributed by atoms with Crippen molar-refractivity contribution in [1.82, 2.24) is 19.9 Å². The summed E-state index contributed by atoms with van der Waals surface area (Å²) in [7, 11) is 1.47. The standard InChI is InChI=1S/C13H10FN5O/c1-20-12-10-11(18-13(15)19-12)16-6-9(17-10)7-2-4-8(14)5-3-7/h2-6H,1H3,(H2,15,16,18,19). The van der Waals surface area contributed by atoms with Gasteiger partial charge in [-0.1, -0.05) is 0 Å². The first-order valence-corrected chi connectivity index (χ1v) is 5.77. The molecule has 0 fully saturated rings. The number of nitrogens with two attached hydrogens (primary N) is 1. The molecule has 3 aromatic rings. The summed E-state index contributed by atoms with van der Waals surface area (Å²) >= 11 is 0. The van der Waals surface area contributed by atoms with Crippen LogP contribution in [-0.2, 0) is 0 Å². The molecule has 0 atom stereocenters. The van der Waals surface area contributed by atoms with E-state index in [2.05, 4.69) is 19.9 Å². The van der Waals surface area contributed by atoms with Crippen LogP contribution < -0.4 is 10.5 Å². The number of aromatic nitrogens is 4. The maximum atomic E-state index is 12.9. The van der Waals surface area contributed by atoms with Gasteiger partial charge in [-0.2, -0.15) is 9.97 Å². The smallest absolute Gasteiger partial charge is 0.246 e. The van der Waals surface area contributed by atoms with Crippen LogP contribution in [0.1, 0.15) is 0 Å². The van der Waals surface area contributed by atoms with Crippen LogP contribution in [0.4, 0.5) is 10.3 Å². The van der Waals surface area contributed by atoms with E-state index in [1.807, 2.05) is 0 Å². The third kappa shape index (κ3) is 2.09. The van der Waals surface area contributed by atoms with Crippen LogP contribution in [0.5, 0.6) is 5.88 Å². The average Bonchev–Trinajstić information content (AvgIpc) is 2.46. The molecule has 0 radical (unpaired) electrons. The lowest BCUT2D eigenvalue weighted by Gasteiger charge is -2.06. The summed E-state index contributed by atoms with van der Waals surface area (Å²) in [6.07, 6.45) is 1.54. The van der Waals surface area contributed by atoms with Crippen LogP contribution in [0.25, 0.3) is 22.4 Å². The molecule has 0 unspecified atom stereocenters. The number of halogens is 1. The molecule has 0 aliphatic heterocycles. The molecule has 100 valence electrons. The van der Waals surface area contributed by atoms with Gasteiger partial charge in [0.2, 0.25) is 11.8 Å². The molecule has 0 saturated carbocycles. The van der Waals surface area contributed by atoms with Gasteiger partial charge in [0.15, 0.2) is 11.2 Å². The van der Waals surface area contributed by atoms with Crippen molar-refractivity contribution < 1.29 is 9.13 Å². The molecule has 0 saturated heterocycles. The van der Waals surface area contributed by atoms with Crippen LogP contribution in [0, 0.1) is 5.82 Å². The monoisotopic (exact) mass is 271 g/mol. The molecule has 1 aromatic carbocycles. The minimum Gasteiger partial charge on any atom is -0.479 e. The third-order valence-electron chi connectivity index (χ3n) is 2.73. The van der Waals surface area contributed by atoms with E-state index in [0.717, 1.165) is 5.56 Å². The predicted octanol–water partition coefficient (Wildman–Crippen LogP) is 1.82. The van der Waals surface area contributed by atoms with Gasteiger partial charge in [0.05, 0.1) is 19.0 Å². The second-order valence-electron chi connectivity index (χ2n) is 4.03. The zero-order valence-corrected chi connectivity index (χ0v) is 10.5. The van der Waals surface area contributed by atoms with E-state index in [-0.39, 0.29) is 17.6 Å². The Balaban J connectivity index is 2.19. The summed E-state index contributed by atoms with van der Waals surface area (Å²) < 4.78 is 18.1. The predicted molar refractivity (Wildman–Crippen MR) is 71.5 cm³/mol. The van der Waals surface area contributed by atoms with E-state index in [1.54, 1.807) is 18.3 Å². The Kier molecular flexibility index (Phi) is 2.86. The Morgan fingerprint density at radius 1 is 1.10 bits per heavy atom. The van der Waals surface area contributed by atoms with Gasteiger partial charge in [-0.15, -0.1) is 0 Å². The zero-order valence-electron chi connectivity index (χ0n) is 10.5. The quantitative estimate of drug-likeness (QED) is 0.765. The molecule has 2 heterocycles. The molecule has 2 aromatic heterocycles. The number of hydrogen-bond donors (Lipinski definition) is 1. The molecular weight excluding hydrogens is 261 g/mol. The highest BCUT2D eigenvalue weighted by Crippen LogP contribution is 2.23. The molecule has 0 aliphatic carbocycles. The maximum Gasteiger partial charge on any atom is 0.246 e. The molecule has 20 heavy (non-hydrogen) atoms. The highest BCUT2D eigenvalue weighted by molar-refractivity contribution is 5.79. The summed E-state index contributed by atoms with van der Waals surface area (Å²) in [5.74, 6) is 0.0123. The largest absolute Gasteiger partial charge is 0.479 e. The highest BCUT2D eigenvalue weighted by atomic mass is 19.1. The number of ether oxygens (including phenoxy) is 1. The van der Waals surface area contributed by atoms with Crippen molar-refractivity contribution in [3.8, 4) is 17.1 Å². The van der Waals surface area contributed by atoms with Crippen molar-refractivity contribution in [2.45, 2.75) is 0 Å². The molecule has 7 heteroatoms. The van der Waals surface area contributed by atoms with Crippen molar-refractivity contribution in [2.24, 2.45) is 0 Å². The lowest BCUT2D eigenvalue weighted by Crippen LogP contribution is -2.02. The third-order valence-corrected chi connectivity index (χ3v) is 2.73. The normalized spacial score (nSPS) is 10.7. The zero-order chi connectivity index (χ0) is 14.1. The van der Waals surface area contributed by atoms with Crippen LogP contribution in [0.15, 0.2) is 30.5 Å². The Bertz CT molecular complexity index is 776. The molecule has 0 amide bonds. The lowest BCUT2D eigenvalue weighted by atomic mass is 10.1. The SMILES string of the molecule is COc1nc(N)nc2ncc(-c3ccc(F)cc3)nc12. The van der Waals surface area contributed by atoms with Crippen LogP contribution >= 0.6 is 0 Å². The number of anilines is 1. The number of rotatable bonds is 2. The van der Waals surface area contributed by atoms with E-state index >= 15 is 0 Å². The van der Waals surface area contributed by atoms with Gasteiger partial charge in [0.1, 0.15) is 5.82 Å². The van der Waals surface area contributed by atoms with E-state index in [1.165, 1.54) is 19.2 Å².